The van der Waals surface area contributed by atoms with Gasteiger partial charge in [0.05, 0.1) is 12.1 Å². The number of halogens is 4. The Kier molecular flexibility index (Phi) is 5.73. The van der Waals surface area contributed by atoms with Crippen LogP contribution in [0.3, 0.4) is 0 Å². The molecule has 0 fully saturated rings. The van der Waals surface area contributed by atoms with E-state index in [1.165, 1.54) is 24.5 Å². The number of fused-ring (bicyclic) bond motifs is 1. The minimum Gasteiger partial charge on any atom is -0.409 e. The molecule has 1 aromatic heterocycles. The maximum atomic E-state index is 14.4. The van der Waals surface area contributed by atoms with Crippen molar-refractivity contribution in [1.29, 1.82) is 0 Å². The van der Waals surface area contributed by atoms with Crippen molar-refractivity contribution in [2.75, 3.05) is 0 Å². The fourth-order valence-electron chi connectivity index (χ4n) is 2.45. The molecule has 2 aromatic rings. The van der Waals surface area contributed by atoms with Crippen LogP contribution in [0.15, 0.2) is 16.6 Å². The fraction of sp³-hybridized carbons (Fsp3) is 0.611. The summed E-state index contributed by atoms with van der Waals surface area (Å²) in [7, 11) is -2.11. The van der Waals surface area contributed by atoms with Crippen LogP contribution in [-0.4, -0.2) is 24.3 Å². The Bertz CT molecular complexity index is 813. The molecule has 0 aliphatic rings. The molecule has 0 aliphatic heterocycles. The van der Waals surface area contributed by atoms with E-state index in [9.17, 15) is 13.2 Å². The van der Waals surface area contributed by atoms with Gasteiger partial charge in [-0.05, 0) is 44.1 Å². The van der Waals surface area contributed by atoms with Gasteiger partial charge in [-0.2, -0.15) is 0 Å². The second-order valence-electron chi connectivity index (χ2n) is 8.62. The van der Waals surface area contributed by atoms with Crippen LogP contribution in [-0.2, 0) is 16.6 Å². The Morgan fingerprint density at radius 1 is 1.19 bits per heavy atom. The molecule has 8 heteroatoms. The number of hydrogen-bond acceptors (Lipinski definition) is 2. The second kappa shape index (κ2) is 6.94. The average molecular weight is 451 g/mol. The summed E-state index contributed by atoms with van der Waals surface area (Å²) in [6.45, 7) is 13.4. The highest BCUT2D eigenvalue weighted by Gasteiger charge is 2.39. The number of hydrogen-bond donors (Lipinski definition) is 0. The van der Waals surface area contributed by atoms with Crippen LogP contribution in [0.25, 0.3) is 11.0 Å². The molecule has 1 aromatic carbocycles. The maximum Gasteiger partial charge on any atom is 0.261 e. The summed E-state index contributed by atoms with van der Waals surface area (Å²) in [5.41, 5.74) is -1.14. The summed E-state index contributed by atoms with van der Waals surface area (Å²) in [6, 6.07) is 2.90. The van der Waals surface area contributed by atoms with Crippen molar-refractivity contribution in [3.63, 3.8) is 0 Å². The van der Waals surface area contributed by atoms with Crippen LogP contribution < -0.4 is 0 Å². The van der Waals surface area contributed by atoms with Gasteiger partial charge in [0.25, 0.3) is 6.43 Å². The van der Waals surface area contributed by atoms with Crippen molar-refractivity contribution >= 4 is 35.3 Å². The SMILES string of the molecule is CC(C)(C(F)F)n1c(CO[Si](C)(C)C(C)(C)C)nc2c(F)cc(Br)cc21. The summed E-state index contributed by atoms with van der Waals surface area (Å²) < 4.78 is 50.0. The molecule has 0 saturated heterocycles. The Hall–Kier alpha value is -0.863. The van der Waals surface area contributed by atoms with Gasteiger partial charge in [0.2, 0.25) is 0 Å². The lowest BCUT2D eigenvalue weighted by Gasteiger charge is -2.36. The monoisotopic (exact) mass is 450 g/mol. The molecule has 26 heavy (non-hydrogen) atoms. The topological polar surface area (TPSA) is 27.1 Å². The highest BCUT2D eigenvalue weighted by Crippen LogP contribution is 2.38. The summed E-state index contributed by atoms with van der Waals surface area (Å²) >= 11 is 3.23. The lowest BCUT2D eigenvalue weighted by Crippen LogP contribution is -2.41. The molecule has 1 heterocycles. The molecule has 0 amide bonds. The van der Waals surface area contributed by atoms with E-state index in [0.29, 0.717) is 15.8 Å². The lowest BCUT2D eigenvalue weighted by atomic mass is 10.1. The molecule has 0 radical (unpaired) electrons. The van der Waals surface area contributed by atoms with Gasteiger partial charge in [-0.25, -0.2) is 18.2 Å². The van der Waals surface area contributed by atoms with Crippen molar-refractivity contribution < 1.29 is 17.6 Å². The van der Waals surface area contributed by atoms with E-state index in [-0.39, 0.29) is 17.2 Å². The fourth-order valence-corrected chi connectivity index (χ4v) is 3.79. The molecule has 2 rings (SSSR count). The van der Waals surface area contributed by atoms with E-state index in [2.05, 4.69) is 54.8 Å². The Labute approximate surface area is 162 Å². The largest absolute Gasteiger partial charge is 0.409 e. The van der Waals surface area contributed by atoms with Gasteiger partial charge >= 0.3 is 0 Å². The first-order valence-electron chi connectivity index (χ1n) is 8.47. The lowest BCUT2D eigenvalue weighted by molar-refractivity contribution is 0.0267. The van der Waals surface area contributed by atoms with Crippen LogP contribution in [0.4, 0.5) is 13.2 Å². The first kappa shape index (κ1) is 21.4. The molecule has 0 unspecified atom stereocenters. The quantitative estimate of drug-likeness (QED) is 0.488. The number of rotatable bonds is 5. The molecular weight excluding hydrogens is 425 g/mol. The van der Waals surface area contributed by atoms with Gasteiger partial charge in [0.15, 0.2) is 14.1 Å². The van der Waals surface area contributed by atoms with Gasteiger partial charge in [0, 0.05) is 4.47 Å². The number of aromatic nitrogens is 2. The molecule has 146 valence electrons. The normalized spacial score (nSPS) is 13.8. The zero-order chi connectivity index (χ0) is 20.1. The van der Waals surface area contributed by atoms with Crippen LogP contribution >= 0.6 is 15.9 Å². The highest BCUT2D eigenvalue weighted by molar-refractivity contribution is 9.10. The summed E-state index contributed by atoms with van der Waals surface area (Å²) in [5, 5.41) is -0.0314. The third-order valence-electron chi connectivity index (χ3n) is 5.23. The minimum absolute atomic E-state index is 0.0314. The molecule has 0 N–H and O–H groups in total. The van der Waals surface area contributed by atoms with Crippen LogP contribution in [0, 0.1) is 5.82 Å². The standard InChI is InChI=1S/C18H26BrF3N2OSi/c1-17(2,3)26(6,7)25-10-14-23-15-12(20)8-11(19)9-13(15)24(14)18(4,5)16(21)22/h8-9,16H,10H2,1-7H3. The second-order valence-corrected chi connectivity index (χ2v) is 14.3. The van der Waals surface area contributed by atoms with Crippen molar-refractivity contribution in [3.8, 4) is 0 Å². The highest BCUT2D eigenvalue weighted by atomic mass is 79.9. The Balaban J connectivity index is 2.61. The maximum absolute atomic E-state index is 14.4. The van der Waals surface area contributed by atoms with Crippen molar-refractivity contribution in [2.24, 2.45) is 0 Å². The molecular formula is C18H26BrF3N2OSi. The first-order chi connectivity index (χ1) is 11.7. The first-order valence-corrected chi connectivity index (χ1v) is 12.2. The van der Waals surface area contributed by atoms with Crippen LogP contribution in [0.5, 0.6) is 0 Å². The third kappa shape index (κ3) is 3.87. The number of alkyl halides is 2. The molecule has 0 spiro atoms. The Morgan fingerprint density at radius 2 is 1.77 bits per heavy atom. The summed E-state index contributed by atoms with van der Waals surface area (Å²) in [5.74, 6) is -0.237. The molecule has 0 saturated carbocycles. The molecule has 3 nitrogen and oxygen atoms in total. The van der Waals surface area contributed by atoms with E-state index >= 15 is 0 Å². The third-order valence-corrected chi connectivity index (χ3v) is 10.2. The number of benzene rings is 1. The average Bonchev–Trinajstić information content (AvgIpc) is 2.83. The zero-order valence-corrected chi connectivity index (χ0v) is 18.8. The number of nitrogens with zero attached hydrogens (tertiary/aromatic N) is 2. The summed E-state index contributed by atoms with van der Waals surface area (Å²) in [4.78, 5) is 4.32. The van der Waals surface area contributed by atoms with Gasteiger partial charge in [0.1, 0.15) is 16.9 Å². The van der Waals surface area contributed by atoms with E-state index in [1.54, 1.807) is 6.07 Å². The number of imidazole rings is 1. The molecule has 0 bridgehead atoms. The Morgan fingerprint density at radius 3 is 2.27 bits per heavy atom. The van der Waals surface area contributed by atoms with Crippen LogP contribution in [0.2, 0.25) is 18.1 Å². The van der Waals surface area contributed by atoms with E-state index in [1.807, 2.05) is 0 Å². The predicted molar refractivity (Wildman–Crippen MR) is 105 cm³/mol. The van der Waals surface area contributed by atoms with Gasteiger partial charge < -0.3 is 8.99 Å². The summed E-state index contributed by atoms with van der Waals surface area (Å²) in [6.07, 6.45) is -2.64. The van der Waals surface area contributed by atoms with E-state index in [4.69, 9.17) is 4.43 Å². The van der Waals surface area contributed by atoms with E-state index in [0.717, 1.165) is 0 Å². The smallest absolute Gasteiger partial charge is 0.261 e. The van der Waals surface area contributed by atoms with Crippen molar-refractivity contribution in [2.45, 2.75) is 71.3 Å². The van der Waals surface area contributed by atoms with E-state index < -0.39 is 26.1 Å². The van der Waals surface area contributed by atoms with Crippen molar-refractivity contribution in [1.82, 2.24) is 9.55 Å². The van der Waals surface area contributed by atoms with Gasteiger partial charge in [-0.15, -0.1) is 0 Å². The van der Waals surface area contributed by atoms with Gasteiger partial charge in [-0.3, -0.25) is 0 Å². The van der Waals surface area contributed by atoms with Gasteiger partial charge in [-0.1, -0.05) is 36.7 Å². The van der Waals surface area contributed by atoms with Crippen molar-refractivity contribution in [3.05, 3.63) is 28.2 Å². The predicted octanol–water partition coefficient (Wildman–Crippen LogP) is 6.46. The zero-order valence-electron chi connectivity index (χ0n) is 16.3. The van der Waals surface area contributed by atoms with Crippen LogP contribution in [0.1, 0.15) is 40.4 Å². The molecule has 0 atom stereocenters. The molecule has 0 aliphatic carbocycles. The minimum atomic E-state index is -2.64.